The second-order valence-corrected chi connectivity index (χ2v) is 6.53. The lowest BCUT2D eigenvalue weighted by molar-refractivity contribution is -0.134. The van der Waals surface area contributed by atoms with Crippen molar-refractivity contribution in [3.8, 4) is 6.07 Å². The van der Waals surface area contributed by atoms with Gasteiger partial charge in [0.15, 0.2) is 0 Å². The normalized spacial score (nSPS) is 13.3. The third-order valence-corrected chi connectivity index (χ3v) is 4.24. The van der Waals surface area contributed by atoms with Crippen LogP contribution in [0.1, 0.15) is 37.4 Å². The van der Waals surface area contributed by atoms with Crippen LogP contribution in [0.5, 0.6) is 0 Å². The molecule has 0 aliphatic rings. The number of likely N-dealkylation sites (N-methyl/N-ethyl adjacent to an activating group) is 1. The van der Waals surface area contributed by atoms with E-state index >= 15 is 0 Å². The number of thiophene rings is 1. The Bertz CT molecular complexity index is 534. The molecule has 0 radical (unpaired) electrons. The van der Waals surface area contributed by atoms with Gasteiger partial charge in [0.25, 0.3) is 5.91 Å². The molecule has 0 aromatic carbocycles. The summed E-state index contributed by atoms with van der Waals surface area (Å²) in [5, 5.41) is 13.6. The zero-order chi connectivity index (χ0) is 16.7. The molecule has 120 valence electrons. The minimum absolute atomic E-state index is 0.0251. The highest BCUT2D eigenvalue weighted by atomic mass is 32.1. The average molecular weight is 321 g/mol. The lowest BCUT2D eigenvalue weighted by Gasteiger charge is -2.29. The van der Waals surface area contributed by atoms with E-state index in [0.29, 0.717) is 18.0 Å². The predicted molar refractivity (Wildman–Crippen MR) is 87.4 cm³/mol. The van der Waals surface area contributed by atoms with Gasteiger partial charge in [0, 0.05) is 13.1 Å². The Kier molecular flexibility index (Phi) is 7.06. The highest BCUT2D eigenvalue weighted by Crippen LogP contribution is 2.12. The predicted octanol–water partition coefficient (Wildman–Crippen LogP) is 2.51. The molecule has 2 amide bonds. The zero-order valence-electron chi connectivity index (χ0n) is 13.5. The summed E-state index contributed by atoms with van der Waals surface area (Å²) in [5.41, 5.74) is 0. The molecule has 1 aromatic heterocycles. The summed E-state index contributed by atoms with van der Waals surface area (Å²) in [5.74, 6) is -0.622. The van der Waals surface area contributed by atoms with Gasteiger partial charge in [-0.1, -0.05) is 19.9 Å². The number of carbonyl (C=O) groups is 2. The fraction of sp³-hybridized carbons (Fsp3) is 0.562. The molecule has 22 heavy (non-hydrogen) atoms. The number of nitriles is 1. The summed E-state index contributed by atoms with van der Waals surface area (Å²) in [7, 11) is 0. The molecule has 0 aliphatic heterocycles. The molecule has 1 aromatic rings. The summed E-state index contributed by atoms with van der Waals surface area (Å²) >= 11 is 1.34. The quantitative estimate of drug-likeness (QED) is 0.838. The summed E-state index contributed by atoms with van der Waals surface area (Å²) in [6.45, 7) is 8.36. The van der Waals surface area contributed by atoms with E-state index in [2.05, 4.69) is 11.4 Å². The number of nitrogens with zero attached hydrogens (tertiary/aromatic N) is 2. The topological polar surface area (TPSA) is 73.2 Å². The van der Waals surface area contributed by atoms with E-state index in [1.54, 1.807) is 24.0 Å². The van der Waals surface area contributed by atoms with Gasteiger partial charge in [-0.2, -0.15) is 5.26 Å². The molecule has 1 N–H and O–H groups in total. The maximum Gasteiger partial charge on any atom is 0.262 e. The minimum atomic E-state index is -0.583. The van der Waals surface area contributed by atoms with E-state index in [1.807, 2.05) is 26.2 Å². The molecule has 6 heteroatoms. The largest absolute Gasteiger partial charge is 0.340 e. The summed E-state index contributed by atoms with van der Waals surface area (Å²) in [6, 6.07) is 5.09. The Labute approximate surface area is 135 Å². The monoisotopic (exact) mass is 321 g/mol. The van der Waals surface area contributed by atoms with Gasteiger partial charge >= 0.3 is 0 Å². The molecule has 0 aliphatic carbocycles. The van der Waals surface area contributed by atoms with E-state index in [1.165, 1.54) is 11.3 Å². The Morgan fingerprint density at radius 3 is 2.55 bits per heavy atom. The number of carbonyl (C=O) groups excluding carboxylic acids is 2. The lowest BCUT2D eigenvalue weighted by atomic mass is 10.0. The molecule has 1 rings (SSSR count). The van der Waals surface area contributed by atoms with Gasteiger partial charge in [0.1, 0.15) is 6.04 Å². The molecular formula is C16H23N3O2S. The van der Waals surface area contributed by atoms with Crippen LogP contribution in [-0.4, -0.2) is 35.8 Å². The second-order valence-electron chi connectivity index (χ2n) is 5.58. The molecule has 0 spiro atoms. The van der Waals surface area contributed by atoms with Crippen molar-refractivity contribution in [1.82, 2.24) is 10.2 Å². The number of amides is 2. The van der Waals surface area contributed by atoms with Crippen molar-refractivity contribution in [1.29, 1.82) is 5.26 Å². The maximum atomic E-state index is 12.7. The van der Waals surface area contributed by atoms with Crippen molar-refractivity contribution in [3.63, 3.8) is 0 Å². The highest BCUT2D eigenvalue weighted by Gasteiger charge is 2.29. The van der Waals surface area contributed by atoms with Crippen LogP contribution in [0.15, 0.2) is 17.5 Å². The van der Waals surface area contributed by atoms with Gasteiger partial charge in [-0.3, -0.25) is 9.59 Å². The van der Waals surface area contributed by atoms with E-state index in [-0.39, 0.29) is 23.7 Å². The summed E-state index contributed by atoms with van der Waals surface area (Å²) < 4.78 is 0. The van der Waals surface area contributed by atoms with E-state index in [0.717, 1.165) is 0 Å². The van der Waals surface area contributed by atoms with Crippen LogP contribution in [-0.2, 0) is 4.79 Å². The van der Waals surface area contributed by atoms with E-state index < -0.39 is 6.04 Å². The van der Waals surface area contributed by atoms with Crippen molar-refractivity contribution in [3.05, 3.63) is 22.4 Å². The number of rotatable bonds is 7. The first-order valence-corrected chi connectivity index (χ1v) is 8.31. The fourth-order valence-electron chi connectivity index (χ4n) is 2.08. The molecule has 0 saturated heterocycles. The second kappa shape index (κ2) is 8.54. The van der Waals surface area contributed by atoms with Crippen molar-refractivity contribution in [2.45, 2.75) is 33.7 Å². The molecule has 0 bridgehead atoms. The Hall–Kier alpha value is -1.87. The molecule has 1 heterocycles. The van der Waals surface area contributed by atoms with Gasteiger partial charge in [-0.05, 0) is 31.2 Å². The molecule has 0 fully saturated rings. The highest BCUT2D eigenvalue weighted by molar-refractivity contribution is 7.12. The van der Waals surface area contributed by atoms with Crippen LogP contribution in [0, 0.1) is 23.2 Å². The van der Waals surface area contributed by atoms with Crippen LogP contribution in [0.3, 0.4) is 0 Å². The molecule has 2 unspecified atom stereocenters. The van der Waals surface area contributed by atoms with Crippen molar-refractivity contribution in [2.24, 2.45) is 11.8 Å². The summed E-state index contributed by atoms with van der Waals surface area (Å²) in [6.07, 6.45) is 0. The van der Waals surface area contributed by atoms with Gasteiger partial charge in [0.05, 0.1) is 16.9 Å². The third-order valence-electron chi connectivity index (χ3n) is 3.37. The van der Waals surface area contributed by atoms with Crippen molar-refractivity contribution in [2.75, 3.05) is 13.1 Å². The Morgan fingerprint density at radius 2 is 2.09 bits per heavy atom. The van der Waals surface area contributed by atoms with Gasteiger partial charge in [-0.25, -0.2) is 0 Å². The van der Waals surface area contributed by atoms with Gasteiger partial charge < -0.3 is 10.2 Å². The molecule has 0 saturated carbocycles. The first-order chi connectivity index (χ1) is 10.4. The Balaban J connectivity index is 2.83. The van der Waals surface area contributed by atoms with E-state index in [4.69, 9.17) is 5.26 Å². The molecule has 5 nitrogen and oxygen atoms in total. The number of hydrogen-bond acceptors (Lipinski definition) is 4. The van der Waals surface area contributed by atoms with Gasteiger partial charge in [0.2, 0.25) is 5.91 Å². The SMILES string of the molecule is CCN(CC(C)C#N)C(=O)C(NC(=O)c1cccs1)C(C)C. The standard InChI is InChI=1S/C16H23N3O2S/c1-5-19(10-12(4)9-17)16(21)14(11(2)3)18-15(20)13-7-6-8-22-13/h6-8,11-12,14H,5,10H2,1-4H3,(H,18,20). The first-order valence-electron chi connectivity index (χ1n) is 7.43. The van der Waals surface area contributed by atoms with Crippen LogP contribution in [0.25, 0.3) is 0 Å². The molecular weight excluding hydrogens is 298 g/mol. The zero-order valence-corrected chi connectivity index (χ0v) is 14.3. The first kappa shape index (κ1) is 18.2. The van der Waals surface area contributed by atoms with E-state index in [9.17, 15) is 9.59 Å². The van der Waals surface area contributed by atoms with Crippen LogP contribution < -0.4 is 5.32 Å². The van der Waals surface area contributed by atoms with Crippen molar-refractivity contribution < 1.29 is 9.59 Å². The lowest BCUT2D eigenvalue weighted by Crippen LogP contribution is -2.51. The maximum absolute atomic E-state index is 12.7. The minimum Gasteiger partial charge on any atom is -0.340 e. The fourth-order valence-corrected chi connectivity index (χ4v) is 2.70. The number of nitrogens with one attached hydrogen (secondary N) is 1. The summed E-state index contributed by atoms with van der Waals surface area (Å²) in [4.78, 5) is 27.1. The van der Waals surface area contributed by atoms with Crippen LogP contribution >= 0.6 is 11.3 Å². The van der Waals surface area contributed by atoms with Crippen molar-refractivity contribution >= 4 is 23.2 Å². The third kappa shape index (κ3) is 4.85. The smallest absolute Gasteiger partial charge is 0.262 e. The Morgan fingerprint density at radius 1 is 1.41 bits per heavy atom. The van der Waals surface area contributed by atoms with Gasteiger partial charge in [-0.15, -0.1) is 11.3 Å². The average Bonchev–Trinajstić information content (AvgIpc) is 3.03. The van der Waals surface area contributed by atoms with Crippen LogP contribution in [0.4, 0.5) is 0 Å². The number of hydrogen-bond donors (Lipinski definition) is 1. The molecule has 2 atom stereocenters. The van der Waals surface area contributed by atoms with Crippen LogP contribution in [0.2, 0.25) is 0 Å².